The number of rotatable bonds is 0. The summed E-state index contributed by atoms with van der Waals surface area (Å²) >= 11 is 0. The van der Waals surface area contributed by atoms with Crippen molar-refractivity contribution in [3.05, 3.63) is 0 Å². The van der Waals surface area contributed by atoms with Crippen molar-refractivity contribution in [2.45, 2.75) is 61.7 Å². The smallest absolute Gasteiger partial charge is 0.219 e. The first kappa shape index (κ1) is 10.9. The first-order valence-electron chi connectivity index (χ1n) is 5.63. The van der Waals surface area contributed by atoms with Crippen molar-refractivity contribution in [3.8, 4) is 0 Å². The zero-order chi connectivity index (χ0) is 11.6. The maximum atomic E-state index is 10.1. The predicted molar refractivity (Wildman–Crippen MR) is 50.1 cm³/mol. The quantitative estimate of drug-likeness (QED) is 0.404. The molecule has 0 aromatic heterocycles. The Morgan fingerprint density at radius 3 is 1.50 bits per heavy atom. The standard InChI is InChI=1S/C10H16O6/c11-5-1-3-7-9(5,13)16-8-4-2-6(12)10(8,14)15-7/h5-8,11-14H,1-4H2/t5-,6-,7-,8-,9+,10+/m0/s1. The molecule has 3 rings (SSSR count). The monoisotopic (exact) mass is 232 g/mol. The maximum absolute atomic E-state index is 10.1. The first-order valence-corrected chi connectivity index (χ1v) is 5.63. The molecule has 92 valence electrons. The summed E-state index contributed by atoms with van der Waals surface area (Å²) in [6, 6.07) is 0. The van der Waals surface area contributed by atoms with Crippen LogP contribution in [0, 0.1) is 0 Å². The van der Waals surface area contributed by atoms with Gasteiger partial charge in [0.2, 0.25) is 11.6 Å². The molecule has 0 aromatic carbocycles. The van der Waals surface area contributed by atoms with Crippen molar-refractivity contribution in [2.24, 2.45) is 0 Å². The Balaban J connectivity index is 1.91. The van der Waals surface area contributed by atoms with E-state index in [1.54, 1.807) is 0 Å². The number of aliphatic hydroxyl groups is 4. The fourth-order valence-electron chi connectivity index (χ4n) is 2.93. The van der Waals surface area contributed by atoms with Crippen molar-refractivity contribution in [1.29, 1.82) is 0 Å². The summed E-state index contributed by atoms with van der Waals surface area (Å²) in [7, 11) is 0. The van der Waals surface area contributed by atoms with Crippen molar-refractivity contribution >= 4 is 0 Å². The molecular weight excluding hydrogens is 216 g/mol. The molecule has 1 saturated heterocycles. The van der Waals surface area contributed by atoms with Gasteiger partial charge >= 0.3 is 0 Å². The van der Waals surface area contributed by atoms with Gasteiger partial charge in [0.05, 0.1) is 0 Å². The Labute approximate surface area is 92.4 Å². The summed E-state index contributed by atoms with van der Waals surface area (Å²) in [5.74, 6) is -3.47. The normalized spacial score (nSPS) is 60.8. The molecule has 0 radical (unpaired) electrons. The average Bonchev–Trinajstić information content (AvgIpc) is 2.66. The number of hydrogen-bond acceptors (Lipinski definition) is 6. The number of fused-ring (bicyclic) bond motifs is 2. The maximum Gasteiger partial charge on any atom is 0.219 e. The van der Waals surface area contributed by atoms with E-state index in [2.05, 4.69) is 0 Å². The van der Waals surface area contributed by atoms with Crippen LogP contribution in [0.1, 0.15) is 25.7 Å². The molecule has 0 amide bonds. The summed E-state index contributed by atoms with van der Waals surface area (Å²) in [5, 5.41) is 39.6. The van der Waals surface area contributed by atoms with Crippen LogP contribution in [0.25, 0.3) is 0 Å². The SMILES string of the molecule is O[C@H]1CC[C@@H]2O[C@@]3(O)[C@H](CC[C@@H]3O)O[C@@]21O. The van der Waals surface area contributed by atoms with Crippen LogP contribution >= 0.6 is 0 Å². The summed E-state index contributed by atoms with van der Waals surface area (Å²) in [6.45, 7) is 0. The highest BCUT2D eigenvalue weighted by molar-refractivity contribution is 5.05. The fourth-order valence-corrected chi connectivity index (χ4v) is 2.93. The number of hydrogen-bond donors (Lipinski definition) is 4. The van der Waals surface area contributed by atoms with E-state index in [1.165, 1.54) is 0 Å². The number of aliphatic hydroxyl groups excluding tert-OH is 2. The van der Waals surface area contributed by atoms with Crippen LogP contribution in [0.4, 0.5) is 0 Å². The lowest BCUT2D eigenvalue weighted by atomic mass is 10.0. The summed E-state index contributed by atoms with van der Waals surface area (Å²) in [6.07, 6.45) is -2.04. The van der Waals surface area contributed by atoms with Gasteiger partial charge in [-0.25, -0.2) is 0 Å². The summed E-state index contributed by atoms with van der Waals surface area (Å²) in [4.78, 5) is 0. The Bertz CT molecular complexity index is 280. The second kappa shape index (κ2) is 3.16. The van der Waals surface area contributed by atoms with Crippen molar-refractivity contribution in [2.75, 3.05) is 0 Å². The van der Waals surface area contributed by atoms with Crippen LogP contribution in [0.3, 0.4) is 0 Å². The molecule has 6 nitrogen and oxygen atoms in total. The van der Waals surface area contributed by atoms with Gasteiger partial charge < -0.3 is 29.9 Å². The van der Waals surface area contributed by atoms with E-state index in [0.29, 0.717) is 25.7 Å². The van der Waals surface area contributed by atoms with E-state index in [9.17, 15) is 20.4 Å². The molecule has 1 heterocycles. The summed E-state index contributed by atoms with van der Waals surface area (Å²) in [5.41, 5.74) is 0. The van der Waals surface area contributed by atoms with E-state index >= 15 is 0 Å². The lowest BCUT2D eigenvalue weighted by Crippen LogP contribution is -2.65. The van der Waals surface area contributed by atoms with Crippen LogP contribution < -0.4 is 0 Å². The van der Waals surface area contributed by atoms with Crippen molar-refractivity contribution in [3.63, 3.8) is 0 Å². The molecule has 6 heteroatoms. The topological polar surface area (TPSA) is 99.4 Å². The van der Waals surface area contributed by atoms with Gasteiger partial charge in [0.15, 0.2) is 0 Å². The van der Waals surface area contributed by atoms with E-state index in [0.717, 1.165) is 0 Å². The Morgan fingerprint density at radius 1 is 0.750 bits per heavy atom. The van der Waals surface area contributed by atoms with Crippen LogP contribution in [0.15, 0.2) is 0 Å². The molecule has 6 atom stereocenters. The molecule has 2 saturated carbocycles. The molecule has 0 aromatic rings. The molecule has 2 aliphatic carbocycles. The second-order valence-electron chi connectivity index (χ2n) is 4.90. The van der Waals surface area contributed by atoms with Gasteiger partial charge in [0, 0.05) is 0 Å². The third kappa shape index (κ3) is 1.17. The largest absolute Gasteiger partial charge is 0.387 e. The van der Waals surface area contributed by atoms with Gasteiger partial charge in [-0.05, 0) is 25.7 Å². The van der Waals surface area contributed by atoms with E-state index in [-0.39, 0.29) is 0 Å². The lowest BCUT2D eigenvalue weighted by Gasteiger charge is -2.47. The van der Waals surface area contributed by atoms with Crippen LogP contribution in [-0.4, -0.2) is 56.4 Å². The molecule has 1 aliphatic heterocycles. The second-order valence-corrected chi connectivity index (χ2v) is 4.90. The highest BCUT2D eigenvalue weighted by Crippen LogP contribution is 2.48. The van der Waals surface area contributed by atoms with Crippen LogP contribution in [0.2, 0.25) is 0 Å². The van der Waals surface area contributed by atoms with Gasteiger partial charge in [-0.15, -0.1) is 0 Å². The zero-order valence-corrected chi connectivity index (χ0v) is 8.74. The molecule has 3 fully saturated rings. The van der Waals surface area contributed by atoms with Crippen molar-refractivity contribution in [1.82, 2.24) is 0 Å². The molecule has 3 aliphatic rings. The molecule has 4 N–H and O–H groups in total. The van der Waals surface area contributed by atoms with Crippen molar-refractivity contribution < 1.29 is 29.9 Å². The number of ether oxygens (including phenoxy) is 2. The van der Waals surface area contributed by atoms with Gasteiger partial charge in [-0.2, -0.15) is 0 Å². The third-order valence-corrected chi connectivity index (χ3v) is 3.94. The summed E-state index contributed by atoms with van der Waals surface area (Å²) < 4.78 is 10.8. The first-order chi connectivity index (χ1) is 7.47. The van der Waals surface area contributed by atoms with Gasteiger partial charge in [0.1, 0.15) is 24.4 Å². The Morgan fingerprint density at radius 2 is 1.12 bits per heavy atom. The van der Waals surface area contributed by atoms with E-state index in [4.69, 9.17) is 9.47 Å². The van der Waals surface area contributed by atoms with Gasteiger partial charge in [0.25, 0.3) is 0 Å². The Hall–Kier alpha value is -0.240. The van der Waals surface area contributed by atoms with Crippen LogP contribution in [-0.2, 0) is 9.47 Å². The minimum Gasteiger partial charge on any atom is -0.387 e. The molecule has 0 spiro atoms. The Kier molecular flexibility index (Phi) is 2.15. The zero-order valence-electron chi connectivity index (χ0n) is 8.74. The minimum absolute atomic E-state index is 0.361. The molecule has 0 unspecified atom stereocenters. The van der Waals surface area contributed by atoms with Gasteiger partial charge in [-0.1, -0.05) is 0 Å². The highest BCUT2D eigenvalue weighted by atomic mass is 16.8. The third-order valence-electron chi connectivity index (χ3n) is 3.94. The highest BCUT2D eigenvalue weighted by Gasteiger charge is 2.65. The van der Waals surface area contributed by atoms with E-state index in [1.807, 2.05) is 0 Å². The molecule has 0 bridgehead atoms. The predicted octanol–water partition coefficient (Wildman–Crippen LogP) is -1.54. The van der Waals surface area contributed by atoms with Crippen LogP contribution in [0.5, 0.6) is 0 Å². The fraction of sp³-hybridized carbons (Fsp3) is 1.00. The molecule has 16 heavy (non-hydrogen) atoms. The van der Waals surface area contributed by atoms with E-state index < -0.39 is 36.0 Å². The molecular formula is C10H16O6. The van der Waals surface area contributed by atoms with Gasteiger partial charge in [-0.3, -0.25) is 0 Å². The average molecular weight is 232 g/mol. The lowest BCUT2D eigenvalue weighted by molar-refractivity contribution is -0.431. The minimum atomic E-state index is -1.74.